The summed E-state index contributed by atoms with van der Waals surface area (Å²) >= 11 is 0. The number of amides is 1. The molecule has 1 unspecified atom stereocenters. The van der Waals surface area contributed by atoms with E-state index in [4.69, 9.17) is 4.74 Å². The van der Waals surface area contributed by atoms with Crippen LogP contribution < -0.4 is 15.4 Å². The second-order valence-electron chi connectivity index (χ2n) is 4.35. The van der Waals surface area contributed by atoms with Gasteiger partial charge in [0.15, 0.2) is 0 Å². The fourth-order valence-corrected chi connectivity index (χ4v) is 1.80. The van der Waals surface area contributed by atoms with Gasteiger partial charge in [-0.25, -0.2) is 0 Å². The van der Waals surface area contributed by atoms with Gasteiger partial charge in [0.25, 0.3) is 5.69 Å². The third-order valence-electron chi connectivity index (χ3n) is 2.72. The summed E-state index contributed by atoms with van der Waals surface area (Å²) in [6.45, 7) is 4.59. The zero-order valence-corrected chi connectivity index (χ0v) is 11.8. The maximum absolute atomic E-state index is 11.8. The number of nitro benzene ring substituents is 1. The van der Waals surface area contributed by atoms with Gasteiger partial charge in [-0.15, -0.1) is 0 Å². The van der Waals surface area contributed by atoms with Gasteiger partial charge in [0.1, 0.15) is 11.4 Å². The van der Waals surface area contributed by atoms with E-state index in [2.05, 4.69) is 10.6 Å². The molecular formula is C13H19N3O4. The summed E-state index contributed by atoms with van der Waals surface area (Å²) in [7, 11) is 1.43. The van der Waals surface area contributed by atoms with Gasteiger partial charge in [0.2, 0.25) is 5.91 Å². The highest BCUT2D eigenvalue weighted by molar-refractivity contribution is 5.93. The van der Waals surface area contributed by atoms with Gasteiger partial charge in [-0.3, -0.25) is 14.9 Å². The number of methoxy groups -OCH3 is 1. The van der Waals surface area contributed by atoms with Crippen molar-refractivity contribution in [3.8, 4) is 5.75 Å². The average molecular weight is 281 g/mol. The quantitative estimate of drug-likeness (QED) is 0.588. The van der Waals surface area contributed by atoms with Gasteiger partial charge < -0.3 is 15.4 Å². The molecule has 20 heavy (non-hydrogen) atoms. The number of nitrogens with zero attached hydrogens (tertiary/aromatic N) is 1. The molecular weight excluding hydrogens is 262 g/mol. The molecule has 1 aromatic carbocycles. The fraction of sp³-hybridized carbons (Fsp3) is 0.462. The molecule has 1 aromatic rings. The van der Waals surface area contributed by atoms with Crippen LogP contribution in [0.15, 0.2) is 18.2 Å². The first-order chi connectivity index (χ1) is 9.47. The summed E-state index contributed by atoms with van der Waals surface area (Å²) in [5, 5.41) is 16.6. The number of carbonyl (C=O) groups excluding carboxylic acids is 1. The molecule has 7 heteroatoms. The van der Waals surface area contributed by atoms with E-state index < -0.39 is 4.92 Å². The van der Waals surface area contributed by atoms with Crippen LogP contribution in [0.25, 0.3) is 0 Å². The molecule has 0 bridgehead atoms. The highest BCUT2D eigenvalue weighted by Gasteiger charge is 2.18. The third-order valence-corrected chi connectivity index (χ3v) is 2.72. The molecule has 1 rings (SSSR count). The van der Waals surface area contributed by atoms with Crippen molar-refractivity contribution < 1.29 is 14.5 Å². The lowest BCUT2D eigenvalue weighted by Crippen LogP contribution is -2.30. The summed E-state index contributed by atoms with van der Waals surface area (Å²) in [6, 6.07) is 4.32. The van der Waals surface area contributed by atoms with Crippen LogP contribution in [0.3, 0.4) is 0 Å². The molecule has 0 aliphatic heterocycles. The van der Waals surface area contributed by atoms with Crippen LogP contribution in [0.1, 0.15) is 20.3 Å². The molecule has 0 heterocycles. The Kier molecular flexibility index (Phi) is 5.92. The molecule has 1 atom stereocenters. The number of rotatable bonds is 7. The van der Waals surface area contributed by atoms with Crippen LogP contribution in [-0.2, 0) is 4.79 Å². The molecule has 0 fully saturated rings. The highest BCUT2D eigenvalue weighted by atomic mass is 16.6. The summed E-state index contributed by atoms with van der Waals surface area (Å²) in [4.78, 5) is 22.3. The highest BCUT2D eigenvalue weighted by Crippen LogP contribution is 2.29. The van der Waals surface area contributed by atoms with Crippen LogP contribution in [0.2, 0.25) is 0 Å². The summed E-state index contributed by atoms with van der Waals surface area (Å²) in [5.74, 6) is 0.0995. The minimum absolute atomic E-state index is 0.0114. The average Bonchev–Trinajstić information content (AvgIpc) is 2.38. The Hall–Kier alpha value is -2.15. The Morgan fingerprint density at radius 1 is 1.50 bits per heavy atom. The standard InChI is InChI=1S/C13H19N3O4/c1-4-14-9(2)7-13(17)15-11-6-5-10(20-3)8-12(11)16(18)19/h5-6,8-9,14H,4,7H2,1-3H3,(H,15,17). The van der Waals surface area contributed by atoms with Gasteiger partial charge in [-0.2, -0.15) is 0 Å². The van der Waals surface area contributed by atoms with Gasteiger partial charge in [-0.05, 0) is 25.6 Å². The minimum atomic E-state index is -0.550. The zero-order valence-electron chi connectivity index (χ0n) is 11.8. The first-order valence-corrected chi connectivity index (χ1v) is 6.33. The second kappa shape index (κ2) is 7.44. The SMILES string of the molecule is CCNC(C)CC(=O)Nc1ccc(OC)cc1[N+](=O)[O-]. The Balaban J connectivity index is 2.81. The molecule has 0 aliphatic carbocycles. The molecule has 7 nitrogen and oxygen atoms in total. The zero-order chi connectivity index (χ0) is 15.1. The van der Waals surface area contributed by atoms with Crippen LogP contribution in [0, 0.1) is 10.1 Å². The summed E-state index contributed by atoms with van der Waals surface area (Å²) in [5.41, 5.74) is -0.0155. The van der Waals surface area contributed by atoms with Crippen molar-refractivity contribution in [2.45, 2.75) is 26.3 Å². The van der Waals surface area contributed by atoms with E-state index in [9.17, 15) is 14.9 Å². The van der Waals surface area contributed by atoms with Crippen LogP contribution in [0.5, 0.6) is 5.75 Å². The largest absolute Gasteiger partial charge is 0.496 e. The van der Waals surface area contributed by atoms with Gasteiger partial charge in [0, 0.05) is 12.5 Å². The Morgan fingerprint density at radius 3 is 2.75 bits per heavy atom. The van der Waals surface area contributed by atoms with E-state index in [0.29, 0.717) is 5.75 Å². The minimum Gasteiger partial charge on any atom is -0.496 e. The molecule has 0 aromatic heterocycles. The summed E-state index contributed by atoms with van der Waals surface area (Å²) < 4.78 is 4.93. The van der Waals surface area contributed by atoms with Crippen molar-refractivity contribution in [2.24, 2.45) is 0 Å². The first kappa shape index (κ1) is 15.9. The number of benzene rings is 1. The molecule has 110 valence electrons. The number of carbonyl (C=O) groups is 1. The van der Waals surface area contributed by atoms with Crippen molar-refractivity contribution in [1.29, 1.82) is 0 Å². The van der Waals surface area contributed by atoms with E-state index in [-0.39, 0.29) is 29.7 Å². The number of nitrogens with one attached hydrogen (secondary N) is 2. The van der Waals surface area contributed by atoms with E-state index in [1.165, 1.54) is 19.2 Å². The lowest BCUT2D eigenvalue weighted by Gasteiger charge is -2.12. The van der Waals surface area contributed by atoms with E-state index >= 15 is 0 Å². The molecule has 0 spiro atoms. The summed E-state index contributed by atoms with van der Waals surface area (Å²) in [6.07, 6.45) is 0.247. The number of anilines is 1. The fourth-order valence-electron chi connectivity index (χ4n) is 1.80. The van der Waals surface area contributed by atoms with E-state index in [1.54, 1.807) is 6.07 Å². The Morgan fingerprint density at radius 2 is 2.20 bits per heavy atom. The van der Waals surface area contributed by atoms with Crippen molar-refractivity contribution >= 4 is 17.3 Å². The third kappa shape index (κ3) is 4.51. The number of hydrogen-bond acceptors (Lipinski definition) is 5. The van der Waals surface area contributed by atoms with Crippen LogP contribution in [0.4, 0.5) is 11.4 Å². The maximum Gasteiger partial charge on any atom is 0.296 e. The van der Waals surface area contributed by atoms with Gasteiger partial charge in [0.05, 0.1) is 18.1 Å². The molecule has 0 aliphatic rings. The smallest absolute Gasteiger partial charge is 0.296 e. The Bertz CT molecular complexity index is 491. The predicted molar refractivity (Wildman–Crippen MR) is 76.0 cm³/mol. The molecule has 0 saturated heterocycles. The Labute approximate surface area is 117 Å². The van der Waals surface area contributed by atoms with Crippen molar-refractivity contribution in [3.05, 3.63) is 28.3 Å². The monoisotopic (exact) mass is 281 g/mol. The predicted octanol–water partition coefficient (Wildman–Crippen LogP) is 1.93. The molecule has 0 saturated carbocycles. The van der Waals surface area contributed by atoms with Crippen LogP contribution >= 0.6 is 0 Å². The van der Waals surface area contributed by atoms with Crippen molar-refractivity contribution in [3.63, 3.8) is 0 Å². The van der Waals surface area contributed by atoms with Crippen LogP contribution in [-0.4, -0.2) is 30.5 Å². The van der Waals surface area contributed by atoms with Crippen molar-refractivity contribution in [1.82, 2.24) is 5.32 Å². The topological polar surface area (TPSA) is 93.5 Å². The maximum atomic E-state index is 11.8. The molecule has 2 N–H and O–H groups in total. The molecule has 0 radical (unpaired) electrons. The van der Waals surface area contributed by atoms with E-state index in [1.807, 2.05) is 13.8 Å². The molecule has 1 amide bonds. The normalized spacial score (nSPS) is 11.8. The number of nitro groups is 1. The number of ether oxygens (including phenoxy) is 1. The number of hydrogen-bond donors (Lipinski definition) is 2. The van der Waals surface area contributed by atoms with Crippen molar-refractivity contribution in [2.75, 3.05) is 19.0 Å². The lowest BCUT2D eigenvalue weighted by molar-refractivity contribution is -0.384. The van der Waals surface area contributed by atoms with Gasteiger partial charge in [-0.1, -0.05) is 6.92 Å². The lowest BCUT2D eigenvalue weighted by atomic mass is 10.2. The first-order valence-electron chi connectivity index (χ1n) is 6.33. The van der Waals surface area contributed by atoms with E-state index in [0.717, 1.165) is 6.54 Å². The van der Waals surface area contributed by atoms with Gasteiger partial charge >= 0.3 is 0 Å². The second-order valence-corrected chi connectivity index (χ2v) is 4.35.